The summed E-state index contributed by atoms with van der Waals surface area (Å²) in [6.07, 6.45) is 8.09. The molecule has 4 aromatic carbocycles. The molecule has 12 nitrogen and oxygen atoms in total. The molecule has 8 bridgehead atoms. The third-order valence-electron chi connectivity index (χ3n) is 9.60. The molecule has 0 radical (unpaired) electrons. The summed E-state index contributed by atoms with van der Waals surface area (Å²) >= 11 is -3.09. The maximum absolute atomic E-state index is 11.5. The van der Waals surface area contributed by atoms with Crippen molar-refractivity contribution in [1.29, 1.82) is 0 Å². The van der Waals surface area contributed by atoms with Crippen LogP contribution in [0.25, 0.3) is 46.4 Å². The van der Waals surface area contributed by atoms with Crippen LogP contribution in [0, 0.1) is 0 Å². The van der Waals surface area contributed by atoms with Gasteiger partial charge in [0.15, 0.2) is 0 Å². The average Bonchev–Trinajstić information content (AvgIpc) is 4.10. The van der Waals surface area contributed by atoms with Gasteiger partial charge in [-0.25, -0.2) is 9.97 Å². The minimum absolute atomic E-state index is 0.0768. The number of carbonyl (C=O) groups is 4. The van der Waals surface area contributed by atoms with E-state index in [9.17, 15) is 39.6 Å². The third-order valence-corrected chi connectivity index (χ3v) is 14.9. The predicted molar refractivity (Wildman–Crippen MR) is 231 cm³/mol. The van der Waals surface area contributed by atoms with E-state index in [4.69, 9.17) is 0 Å². The van der Waals surface area contributed by atoms with Crippen LogP contribution in [0.2, 0.25) is 0 Å². The molecule has 0 spiro atoms. The van der Waals surface area contributed by atoms with Gasteiger partial charge in [-0.15, -0.1) is 0 Å². The van der Waals surface area contributed by atoms with Crippen molar-refractivity contribution in [3.63, 3.8) is 0 Å². The zero-order valence-corrected chi connectivity index (χ0v) is 32.9. The van der Waals surface area contributed by atoms with Crippen molar-refractivity contribution >= 4 is 88.1 Å². The molecule has 9 rings (SSSR count). The number of fused-ring (bicyclic) bond motifs is 8. The molecule has 0 atom stereocenters. The molecule has 13 heteroatoms. The zero-order valence-electron chi connectivity index (χ0n) is 31.8. The molecule has 0 saturated carbocycles. The van der Waals surface area contributed by atoms with E-state index < -0.39 is 36.7 Å². The Morgan fingerprint density at radius 1 is 0.344 bits per heavy atom. The molecule has 5 heterocycles. The van der Waals surface area contributed by atoms with Crippen molar-refractivity contribution in [2.24, 2.45) is 0 Å². The predicted octanol–water partition coefficient (Wildman–Crippen LogP) is 6.89. The fourth-order valence-electron chi connectivity index (χ4n) is 6.71. The molecule has 2 aliphatic heterocycles. The second kappa shape index (κ2) is 16.6. The van der Waals surface area contributed by atoms with Crippen molar-refractivity contribution in [3.8, 4) is 0 Å². The number of benzene rings is 4. The van der Waals surface area contributed by atoms with E-state index in [1.807, 2.05) is 48.6 Å². The van der Waals surface area contributed by atoms with E-state index in [1.54, 1.807) is 48.5 Å². The number of carboxylic acid groups (broad SMARTS) is 4. The summed E-state index contributed by atoms with van der Waals surface area (Å²) in [5, 5.41) is 37.7. The van der Waals surface area contributed by atoms with Gasteiger partial charge in [0.1, 0.15) is 0 Å². The van der Waals surface area contributed by atoms with Crippen LogP contribution in [-0.2, 0) is 12.8 Å². The van der Waals surface area contributed by atoms with Gasteiger partial charge in [-0.05, 0) is 72.8 Å². The first-order chi connectivity index (χ1) is 29.4. The van der Waals surface area contributed by atoms with Gasteiger partial charge in [0.2, 0.25) is 0 Å². The quantitative estimate of drug-likeness (QED) is 0.0873. The standard InChI is InChI=1S/C20H14N4.4C7H5O2.Fe/c1-2-14-10-16-5-6-18(23-16)12-20-8-7-19(24-20)11-17-4-3-15(22-17)9-13(1)21-14;4*8-7(9)6-4-2-1-3-5-6;/h1-12,21,24H;4*2-5H,(H,8,9);. The molecular weight excluding hydrogens is 816 g/mol. The molecule has 0 unspecified atom stereocenters. The molecule has 302 valence electrons. The SMILES string of the molecule is C1=Cc2cc3ccc(cc4nc(cc5ccc(cc1n2)[nH]5)C=C4)[nH]3.O=C(O)c1cc[c]([Fe]([c]2ccc(C(=O)O)cc2)([c]2ccc(C(=O)O)cc2)[c]2ccc(C(=O)O)cc2)cc1. The number of aromatic amines is 2. The number of hydrogen-bond acceptors (Lipinski definition) is 6. The number of carboxylic acids is 4. The van der Waals surface area contributed by atoms with Crippen molar-refractivity contribution < 1.29 is 52.4 Å². The normalized spacial score (nSPS) is 11.9. The van der Waals surface area contributed by atoms with Crippen LogP contribution in [0.3, 0.4) is 0 Å². The maximum atomic E-state index is 11.5. The molecule has 0 amide bonds. The van der Waals surface area contributed by atoms with Crippen molar-refractivity contribution in [2.75, 3.05) is 0 Å². The van der Waals surface area contributed by atoms with Crippen LogP contribution in [0.15, 0.2) is 146 Å². The van der Waals surface area contributed by atoms with Crippen LogP contribution < -0.4 is 17.8 Å². The summed E-state index contributed by atoms with van der Waals surface area (Å²) in [6, 6.07) is 41.6. The first-order valence-electron chi connectivity index (χ1n) is 18.6. The number of nitrogens with one attached hydrogen (secondary N) is 2. The van der Waals surface area contributed by atoms with Gasteiger partial charge in [-0.2, -0.15) is 0 Å². The summed E-state index contributed by atoms with van der Waals surface area (Å²) in [5.74, 6) is -4.39. The number of nitrogens with zero attached hydrogens (tertiary/aromatic N) is 2. The van der Waals surface area contributed by atoms with Gasteiger partial charge in [0, 0.05) is 22.1 Å². The molecule has 0 saturated heterocycles. The molecule has 6 N–H and O–H groups in total. The summed E-state index contributed by atoms with van der Waals surface area (Å²) < 4.78 is 2.91. The van der Waals surface area contributed by atoms with Gasteiger partial charge in [-0.1, -0.05) is 0 Å². The number of aromatic nitrogens is 4. The van der Waals surface area contributed by atoms with Gasteiger partial charge < -0.3 is 9.97 Å². The monoisotopic (exact) mass is 850 g/mol. The first-order valence-corrected chi connectivity index (χ1v) is 20.8. The third kappa shape index (κ3) is 8.41. The minimum atomic E-state index is -3.09. The summed E-state index contributed by atoms with van der Waals surface area (Å²) in [6.45, 7) is 0. The Morgan fingerprint density at radius 2 is 0.557 bits per heavy atom. The van der Waals surface area contributed by atoms with Crippen LogP contribution in [0.1, 0.15) is 64.2 Å². The van der Waals surface area contributed by atoms with Crippen molar-refractivity contribution in [3.05, 3.63) is 191 Å². The van der Waals surface area contributed by atoms with Crippen LogP contribution >= 0.6 is 0 Å². The second-order valence-corrected chi connectivity index (χ2v) is 17.8. The molecule has 3 aromatic heterocycles. The zero-order chi connectivity index (χ0) is 42.7. The molecular formula is C48H34FeN4O8. The van der Waals surface area contributed by atoms with E-state index in [-0.39, 0.29) is 22.3 Å². The second-order valence-electron chi connectivity index (χ2n) is 13.6. The fourth-order valence-corrected chi connectivity index (χ4v) is 11.9. The van der Waals surface area contributed by atoms with Gasteiger partial charge in [0.05, 0.1) is 22.8 Å². The van der Waals surface area contributed by atoms with Crippen LogP contribution in [-0.4, -0.2) is 64.2 Å². The molecule has 61 heavy (non-hydrogen) atoms. The van der Waals surface area contributed by atoms with E-state index >= 15 is 0 Å². The van der Waals surface area contributed by atoms with Gasteiger partial charge in [-0.3, -0.25) is 0 Å². The van der Waals surface area contributed by atoms with Crippen molar-refractivity contribution in [2.45, 2.75) is 0 Å². The topological polar surface area (TPSA) is 207 Å². The number of hydrogen-bond donors (Lipinski definition) is 6. The van der Waals surface area contributed by atoms with E-state index in [0.717, 1.165) is 62.7 Å². The molecule has 0 aliphatic carbocycles. The Labute approximate surface area is 349 Å². The number of aromatic carboxylic acids is 4. The Kier molecular flexibility index (Phi) is 10.8. The number of rotatable bonds is 8. The Morgan fingerprint density at radius 3 is 0.754 bits per heavy atom. The Balaban J connectivity index is 0.000000183. The molecule has 2 aliphatic rings. The van der Waals surface area contributed by atoms with Crippen LogP contribution in [0.5, 0.6) is 0 Å². The van der Waals surface area contributed by atoms with Gasteiger partial charge >= 0.3 is 213 Å². The van der Waals surface area contributed by atoms with Gasteiger partial charge in [0.25, 0.3) is 0 Å². The van der Waals surface area contributed by atoms with E-state index in [2.05, 4.69) is 44.2 Å². The average molecular weight is 851 g/mol. The Bertz CT molecular complexity index is 2670. The summed E-state index contributed by atoms with van der Waals surface area (Å²) in [4.78, 5) is 62.1. The summed E-state index contributed by atoms with van der Waals surface area (Å²) in [5.41, 5.74) is 8.17. The first kappa shape index (κ1) is 39.7. The fraction of sp³-hybridized carbons (Fsp3) is 0. The van der Waals surface area contributed by atoms with Crippen LogP contribution in [0.4, 0.5) is 0 Å². The Hall–Kier alpha value is -8.12. The molecule has 0 fully saturated rings. The summed E-state index contributed by atoms with van der Waals surface area (Å²) in [7, 11) is 0. The molecule has 7 aromatic rings. The van der Waals surface area contributed by atoms with E-state index in [1.165, 1.54) is 48.5 Å². The van der Waals surface area contributed by atoms with E-state index in [0.29, 0.717) is 0 Å². The van der Waals surface area contributed by atoms with Crippen molar-refractivity contribution in [1.82, 2.24) is 19.9 Å². The number of H-pyrrole nitrogens is 2.